The van der Waals surface area contributed by atoms with Gasteiger partial charge in [0, 0.05) is 11.3 Å². The van der Waals surface area contributed by atoms with E-state index in [1.807, 2.05) is 18.2 Å². The normalized spacial score (nSPS) is 15.2. The van der Waals surface area contributed by atoms with Crippen LogP contribution in [0.2, 0.25) is 0 Å². The van der Waals surface area contributed by atoms with Crippen LogP contribution in [0.15, 0.2) is 23.1 Å². The predicted octanol–water partition coefficient (Wildman–Crippen LogP) is 1.81. The number of nitrogens with two attached hydrogens (primary N) is 1. The number of hydrogen-bond acceptors (Lipinski definition) is 4. The van der Waals surface area contributed by atoms with Crippen molar-refractivity contribution in [1.82, 2.24) is 0 Å². The molecule has 0 saturated heterocycles. The molecule has 0 aliphatic carbocycles. The van der Waals surface area contributed by atoms with E-state index in [-0.39, 0.29) is 0 Å². The molecule has 2 N–H and O–H groups in total. The summed E-state index contributed by atoms with van der Waals surface area (Å²) in [6, 6.07) is 5.74. The van der Waals surface area contributed by atoms with Crippen molar-refractivity contribution < 1.29 is 9.47 Å². The molecule has 0 aromatic heterocycles. The molecule has 70 valence electrons. The number of hydrogen-bond donors (Lipinski definition) is 1. The van der Waals surface area contributed by atoms with Gasteiger partial charge in [0.05, 0.1) is 13.2 Å². The Hall–Kier alpha value is -0.870. The molecule has 1 aliphatic heterocycles. The summed E-state index contributed by atoms with van der Waals surface area (Å²) in [6.45, 7) is 1.44. The smallest absolute Gasteiger partial charge is 0.162 e. The first-order valence-electron chi connectivity index (χ1n) is 4.16. The average molecular weight is 197 g/mol. The summed E-state index contributed by atoms with van der Waals surface area (Å²) in [5.74, 6) is 1.61. The Balaban J connectivity index is 2.32. The fourth-order valence-corrected chi connectivity index (χ4v) is 1.54. The standard InChI is InChI=1S/C9H11NO2S/c10-13-7-2-3-8-9(6-7)12-5-1-4-11-8/h2-3,6H,1,4-5,10H2. The van der Waals surface area contributed by atoms with Crippen LogP contribution in [0.25, 0.3) is 0 Å². The summed E-state index contributed by atoms with van der Waals surface area (Å²) in [4.78, 5) is 0.990. The lowest BCUT2D eigenvalue weighted by Crippen LogP contribution is -1.97. The van der Waals surface area contributed by atoms with Gasteiger partial charge in [0.1, 0.15) is 0 Å². The minimum absolute atomic E-state index is 0.714. The zero-order chi connectivity index (χ0) is 9.10. The summed E-state index contributed by atoms with van der Waals surface area (Å²) in [6.07, 6.45) is 0.930. The quantitative estimate of drug-likeness (QED) is 0.697. The Morgan fingerprint density at radius 3 is 2.69 bits per heavy atom. The SMILES string of the molecule is NSc1ccc2c(c1)OCCCO2. The summed E-state index contributed by atoms with van der Waals surface area (Å²) < 4.78 is 11.0. The van der Waals surface area contributed by atoms with Crippen LogP contribution in [0.4, 0.5) is 0 Å². The molecular weight excluding hydrogens is 186 g/mol. The molecule has 0 saturated carbocycles. The van der Waals surface area contributed by atoms with Crippen molar-refractivity contribution in [3.05, 3.63) is 18.2 Å². The second-order valence-corrected chi connectivity index (χ2v) is 3.48. The fourth-order valence-electron chi connectivity index (χ4n) is 1.22. The van der Waals surface area contributed by atoms with Crippen LogP contribution in [0.5, 0.6) is 11.5 Å². The molecule has 1 aromatic carbocycles. The first-order valence-corrected chi connectivity index (χ1v) is 5.04. The van der Waals surface area contributed by atoms with Gasteiger partial charge in [-0.25, -0.2) is 0 Å². The molecule has 1 aromatic rings. The van der Waals surface area contributed by atoms with Crippen molar-refractivity contribution in [2.24, 2.45) is 5.14 Å². The van der Waals surface area contributed by atoms with Gasteiger partial charge in [-0.1, -0.05) is 0 Å². The van der Waals surface area contributed by atoms with Crippen molar-refractivity contribution in [1.29, 1.82) is 0 Å². The maximum absolute atomic E-state index is 5.50. The van der Waals surface area contributed by atoms with Crippen LogP contribution < -0.4 is 14.6 Å². The Labute approximate surface area is 81.3 Å². The molecule has 0 amide bonds. The monoisotopic (exact) mass is 197 g/mol. The number of ether oxygens (including phenoxy) is 2. The van der Waals surface area contributed by atoms with Gasteiger partial charge in [0.25, 0.3) is 0 Å². The van der Waals surface area contributed by atoms with Crippen LogP contribution in [-0.2, 0) is 0 Å². The largest absolute Gasteiger partial charge is 0.490 e. The first kappa shape index (κ1) is 8.72. The lowest BCUT2D eigenvalue weighted by molar-refractivity contribution is 0.297. The molecular formula is C9H11NO2S. The molecule has 0 bridgehead atoms. The van der Waals surface area contributed by atoms with Gasteiger partial charge in [-0.05, 0) is 30.1 Å². The van der Waals surface area contributed by atoms with Gasteiger partial charge in [-0.2, -0.15) is 0 Å². The first-order chi connectivity index (χ1) is 6.40. The van der Waals surface area contributed by atoms with Gasteiger partial charge in [-0.15, -0.1) is 0 Å². The van der Waals surface area contributed by atoms with E-state index in [0.717, 1.165) is 29.4 Å². The Bertz CT molecular complexity index is 304. The molecule has 0 radical (unpaired) electrons. The lowest BCUT2D eigenvalue weighted by Gasteiger charge is -2.07. The molecule has 3 nitrogen and oxygen atoms in total. The van der Waals surface area contributed by atoms with Gasteiger partial charge in [0.2, 0.25) is 0 Å². The number of benzene rings is 1. The van der Waals surface area contributed by atoms with E-state index in [2.05, 4.69) is 0 Å². The van der Waals surface area contributed by atoms with Crippen molar-refractivity contribution >= 4 is 11.9 Å². The second-order valence-electron chi connectivity index (χ2n) is 2.78. The molecule has 0 fully saturated rings. The second kappa shape index (κ2) is 3.89. The summed E-state index contributed by atoms with van der Waals surface area (Å²) in [7, 11) is 0. The highest BCUT2D eigenvalue weighted by atomic mass is 32.2. The Morgan fingerprint density at radius 2 is 1.92 bits per heavy atom. The number of rotatable bonds is 1. The zero-order valence-electron chi connectivity index (χ0n) is 7.16. The highest BCUT2D eigenvalue weighted by molar-refractivity contribution is 7.97. The van der Waals surface area contributed by atoms with Crippen molar-refractivity contribution in [3.63, 3.8) is 0 Å². The summed E-state index contributed by atoms with van der Waals surface area (Å²) >= 11 is 1.21. The molecule has 0 spiro atoms. The van der Waals surface area contributed by atoms with Crippen molar-refractivity contribution in [2.75, 3.05) is 13.2 Å². The highest BCUT2D eigenvalue weighted by Crippen LogP contribution is 2.32. The topological polar surface area (TPSA) is 44.5 Å². The van der Waals surface area contributed by atoms with E-state index < -0.39 is 0 Å². The van der Waals surface area contributed by atoms with E-state index >= 15 is 0 Å². The maximum Gasteiger partial charge on any atom is 0.162 e. The van der Waals surface area contributed by atoms with Crippen molar-refractivity contribution in [3.8, 4) is 11.5 Å². The third kappa shape index (κ3) is 1.89. The van der Waals surface area contributed by atoms with Gasteiger partial charge in [0.15, 0.2) is 11.5 Å². The predicted molar refractivity (Wildman–Crippen MR) is 52.1 cm³/mol. The summed E-state index contributed by atoms with van der Waals surface area (Å²) in [5.41, 5.74) is 0. The third-order valence-electron chi connectivity index (χ3n) is 1.86. The van der Waals surface area contributed by atoms with Gasteiger partial charge < -0.3 is 9.47 Å². The lowest BCUT2D eigenvalue weighted by atomic mass is 10.3. The highest BCUT2D eigenvalue weighted by Gasteiger charge is 2.09. The average Bonchev–Trinajstić information content (AvgIpc) is 2.41. The van der Waals surface area contributed by atoms with Gasteiger partial charge in [-0.3, -0.25) is 5.14 Å². The van der Waals surface area contributed by atoms with Crippen LogP contribution in [0.1, 0.15) is 6.42 Å². The van der Waals surface area contributed by atoms with Crippen LogP contribution >= 0.6 is 11.9 Å². The van der Waals surface area contributed by atoms with Crippen molar-refractivity contribution in [2.45, 2.75) is 11.3 Å². The summed E-state index contributed by atoms with van der Waals surface area (Å²) in [5, 5.41) is 5.44. The van der Waals surface area contributed by atoms with E-state index in [1.165, 1.54) is 11.9 Å². The number of fused-ring (bicyclic) bond motifs is 1. The Morgan fingerprint density at radius 1 is 1.15 bits per heavy atom. The molecule has 0 atom stereocenters. The van der Waals surface area contributed by atoms with Crippen LogP contribution in [-0.4, -0.2) is 13.2 Å². The van der Waals surface area contributed by atoms with E-state index in [4.69, 9.17) is 14.6 Å². The minimum atomic E-state index is 0.714. The fraction of sp³-hybridized carbons (Fsp3) is 0.333. The van der Waals surface area contributed by atoms with E-state index in [1.54, 1.807) is 0 Å². The third-order valence-corrected chi connectivity index (χ3v) is 2.38. The minimum Gasteiger partial charge on any atom is -0.490 e. The van der Waals surface area contributed by atoms with Crippen LogP contribution in [0.3, 0.4) is 0 Å². The molecule has 13 heavy (non-hydrogen) atoms. The molecule has 1 heterocycles. The molecule has 0 unspecified atom stereocenters. The zero-order valence-corrected chi connectivity index (χ0v) is 7.97. The van der Waals surface area contributed by atoms with Crippen LogP contribution in [0, 0.1) is 0 Å². The van der Waals surface area contributed by atoms with E-state index in [0.29, 0.717) is 6.61 Å². The van der Waals surface area contributed by atoms with E-state index in [9.17, 15) is 0 Å². The Kier molecular flexibility index (Phi) is 2.61. The molecule has 2 rings (SSSR count). The molecule has 1 aliphatic rings. The molecule has 4 heteroatoms. The van der Waals surface area contributed by atoms with Gasteiger partial charge >= 0.3 is 0 Å². The maximum atomic E-state index is 5.50.